The first-order valence-corrected chi connectivity index (χ1v) is 11.6. The third-order valence-corrected chi connectivity index (χ3v) is 7.24. The van der Waals surface area contributed by atoms with Gasteiger partial charge in [0, 0.05) is 29.5 Å². The molecule has 170 valence electrons. The summed E-state index contributed by atoms with van der Waals surface area (Å²) in [6.45, 7) is 0.525. The molecule has 2 heterocycles. The molecule has 33 heavy (non-hydrogen) atoms. The molecule has 6 heteroatoms. The summed E-state index contributed by atoms with van der Waals surface area (Å²) in [5.41, 5.74) is 2.44. The van der Waals surface area contributed by atoms with Crippen LogP contribution in [0.5, 0.6) is 0 Å². The second-order valence-corrected chi connectivity index (χ2v) is 9.23. The molecule has 0 spiro atoms. The molecule has 3 atom stereocenters. The average Bonchev–Trinajstić information content (AvgIpc) is 3.34. The number of benzene rings is 2. The molecule has 0 unspecified atom stereocenters. The number of aliphatic hydroxyl groups is 1. The van der Waals surface area contributed by atoms with Crippen molar-refractivity contribution in [3.8, 4) is 11.8 Å². The standard InChI is InChI=1S/C27H27FN2O3/c28-22-7-3-4-19(14-22)9-8-18-10-12-20(13-11-18)26-23-15-29(27(33)21-5-1-2-6-21)16-25(32)30(23)24(26)17-31/h3-4,7,10-14,21,23-24,26,31H,1-2,5-6,15-17H2/t23-,24+,26-/m0/s1. The fourth-order valence-electron chi connectivity index (χ4n) is 5.60. The van der Waals surface area contributed by atoms with Gasteiger partial charge in [0.05, 0.1) is 25.2 Å². The average molecular weight is 447 g/mol. The molecular formula is C27H27FN2O3. The number of fused-ring (bicyclic) bond motifs is 1. The van der Waals surface area contributed by atoms with E-state index in [9.17, 15) is 19.1 Å². The van der Waals surface area contributed by atoms with Crippen LogP contribution in [-0.2, 0) is 9.59 Å². The second-order valence-electron chi connectivity index (χ2n) is 9.23. The maximum Gasteiger partial charge on any atom is 0.242 e. The van der Waals surface area contributed by atoms with Crippen LogP contribution in [0.4, 0.5) is 4.39 Å². The predicted octanol–water partition coefficient (Wildman–Crippen LogP) is 2.91. The molecule has 0 bridgehead atoms. The van der Waals surface area contributed by atoms with E-state index in [1.165, 1.54) is 12.1 Å². The fraction of sp³-hybridized carbons (Fsp3) is 0.407. The van der Waals surface area contributed by atoms with Gasteiger partial charge in [0.25, 0.3) is 0 Å². The minimum Gasteiger partial charge on any atom is -0.394 e. The lowest BCUT2D eigenvalue weighted by molar-refractivity contribution is -0.168. The summed E-state index contributed by atoms with van der Waals surface area (Å²) in [6.07, 6.45) is 3.99. The van der Waals surface area contributed by atoms with Crippen LogP contribution < -0.4 is 0 Å². The highest BCUT2D eigenvalue weighted by Gasteiger charge is 2.54. The van der Waals surface area contributed by atoms with Gasteiger partial charge in [0.15, 0.2) is 0 Å². The lowest BCUT2D eigenvalue weighted by Crippen LogP contribution is -2.73. The topological polar surface area (TPSA) is 60.9 Å². The summed E-state index contributed by atoms with van der Waals surface area (Å²) < 4.78 is 13.3. The number of aliphatic hydroxyl groups excluding tert-OH is 1. The maximum atomic E-state index is 13.3. The lowest BCUT2D eigenvalue weighted by Gasteiger charge is -2.59. The molecule has 2 aliphatic heterocycles. The Morgan fingerprint density at radius 3 is 2.48 bits per heavy atom. The maximum absolute atomic E-state index is 13.3. The van der Waals surface area contributed by atoms with Crippen LogP contribution in [0.1, 0.15) is 48.3 Å². The molecule has 3 aliphatic rings. The Bertz CT molecular complexity index is 1110. The largest absolute Gasteiger partial charge is 0.394 e. The molecule has 5 nitrogen and oxygen atoms in total. The van der Waals surface area contributed by atoms with Crippen molar-refractivity contribution in [2.24, 2.45) is 5.92 Å². The highest BCUT2D eigenvalue weighted by Crippen LogP contribution is 2.43. The number of halogens is 1. The third kappa shape index (κ3) is 4.14. The second kappa shape index (κ2) is 8.99. The molecular weight excluding hydrogens is 419 g/mol. The predicted molar refractivity (Wildman–Crippen MR) is 122 cm³/mol. The van der Waals surface area contributed by atoms with Gasteiger partial charge >= 0.3 is 0 Å². The van der Waals surface area contributed by atoms with E-state index in [4.69, 9.17) is 0 Å². The van der Waals surface area contributed by atoms with Crippen LogP contribution in [0.25, 0.3) is 0 Å². The molecule has 2 amide bonds. The van der Waals surface area contributed by atoms with Gasteiger partial charge in [-0.1, -0.05) is 42.9 Å². The van der Waals surface area contributed by atoms with Crippen molar-refractivity contribution in [2.75, 3.05) is 19.7 Å². The smallest absolute Gasteiger partial charge is 0.242 e. The summed E-state index contributed by atoms with van der Waals surface area (Å²) in [5, 5.41) is 9.98. The molecule has 5 rings (SSSR count). The van der Waals surface area contributed by atoms with E-state index in [1.807, 2.05) is 24.3 Å². The normalized spacial score (nSPS) is 24.7. The van der Waals surface area contributed by atoms with Gasteiger partial charge in [-0.15, -0.1) is 0 Å². The molecule has 3 fully saturated rings. The monoisotopic (exact) mass is 446 g/mol. The fourth-order valence-corrected chi connectivity index (χ4v) is 5.60. The number of hydrogen-bond donors (Lipinski definition) is 1. The van der Waals surface area contributed by atoms with Crippen LogP contribution in [0.2, 0.25) is 0 Å². The van der Waals surface area contributed by atoms with E-state index in [1.54, 1.807) is 21.9 Å². The van der Waals surface area contributed by atoms with Crippen molar-refractivity contribution in [1.29, 1.82) is 0 Å². The van der Waals surface area contributed by atoms with E-state index in [-0.39, 0.29) is 54.7 Å². The van der Waals surface area contributed by atoms with Crippen LogP contribution in [0.3, 0.4) is 0 Å². The first-order chi connectivity index (χ1) is 16.0. The molecule has 0 aromatic heterocycles. The Hall–Kier alpha value is -3.17. The zero-order valence-corrected chi connectivity index (χ0v) is 18.4. The van der Waals surface area contributed by atoms with Crippen LogP contribution in [0.15, 0.2) is 48.5 Å². The number of carbonyl (C=O) groups is 2. The minimum atomic E-state index is -0.316. The van der Waals surface area contributed by atoms with E-state index in [0.717, 1.165) is 36.8 Å². The Kier molecular flexibility index (Phi) is 5.90. The number of piperazine rings is 1. The van der Waals surface area contributed by atoms with Crippen molar-refractivity contribution in [2.45, 2.75) is 43.7 Å². The Morgan fingerprint density at radius 1 is 1.06 bits per heavy atom. The first kappa shape index (κ1) is 21.7. The van der Waals surface area contributed by atoms with E-state index in [2.05, 4.69) is 11.8 Å². The summed E-state index contributed by atoms with van der Waals surface area (Å²) in [5.74, 6) is 5.75. The summed E-state index contributed by atoms with van der Waals surface area (Å²) in [6, 6.07) is 13.6. The quantitative estimate of drug-likeness (QED) is 0.738. The van der Waals surface area contributed by atoms with Gasteiger partial charge in [-0.05, 0) is 48.7 Å². The van der Waals surface area contributed by atoms with Gasteiger partial charge in [-0.3, -0.25) is 9.59 Å². The highest BCUT2D eigenvalue weighted by atomic mass is 19.1. The van der Waals surface area contributed by atoms with Crippen molar-refractivity contribution in [3.63, 3.8) is 0 Å². The molecule has 1 N–H and O–H groups in total. The number of carbonyl (C=O) groups excluding carboxylic acids is 2. The first-order valence-electron chi connectivity index (χ1n) is 11.6. The van der Waals surface area contributed by atoms with Gasteiger partial charge in [-0.2, -0.15) is 0 Å². The SMILES string of the molecule is O=C(C1CCCC1)N1CC(=O)N2[C@H](CO)[C@@H](c3ccc(C#Cc4cccc(F)c4)cc3)[C@@H]2C1. The molecule has 0 radical (unpaired) electrons. The van der Waals surface area contributed by atoms with Crippen molar-refractivity contribution in [3.05, 3.63) is 71.0 Å². The summed E-state index contributed by atoms with van der Waals surface area (Å²) in [4.78, 5) is 29.2. The van der Waals surface area contributed by atoms with Gasteiger partial charge in [0.2, 0.25) is 11.8 Å². The molecule has 1 saturated carbocycles. The highest BCUT2D eigenvalue weighted by molar-refractivity contribution is 5.88. The van der Waals surface area contributed by atoms with Gasteiger partial charge in [0.1, 0.15) is 5.82 Å². The minimum absolute atomic E-state index is 0.0247. The van der Waals surface area contributed by atoms with Gasteiger partial charge < -0.3 is 14.9 Å². The lowest BCUT2D eigenvalue weighted by atomic mass is 9.73. The Labute approximate surface area is 193 Å². The van der Waals surface area contributed by atoms with Crippen LogP contribution >= 0.6 is 0 Å². The number of amides is 2. The van der Waals surface area contributed by atoms with Crippen molar-refractivity contribution < 1.29 is 19.1 Å². The number of hydrogen-bond acceptors (Lipinski definition) is 3. The summed E-state index contributed by atoms with van der Waals surface area (Å²) in [7, 11) is 0. The molecule has 2 aromatic rings. The Morgan fingerprint density at radius 2 is 1.79 bits per heavy atom. The zero-order chi connectivity index (χ0) is 22.9. The van der Waals surface area contributed by atoms with E-state index < -0.39 is 0 Å². The van der Waals surface area contributed by atoms with Gasteiger partial charge in [-0.25, -0.2) is 4.39 Å². The van der Waals surface area contributed by atoms with Crippen molar-refractivity contribution >= 4 is 11.8 Å². The molecule has 2 aromatic carbocycles. The van der Waals surface area contributed by atoms with Crippen molar-refractivity contribution in [1.82, 2.24) is 9.80 Å². The third-order valence-electron chi connectivity index (χ3n) is 7.24. The molecule has 2 saturated heterocycles. The van der Waals surface area contributed by atoms with Crippen LogP contribution in [-0.4, -0.2) is 58.5 Å². The Balaban J connectivity index is 1.32. The van der Waals surface area contributed by atoms with E-state index in [0.29, 0.717) is 12.1 Å². The molecule has 1 aliphatic carbocycles. The summed E-state index contributed by atoms with van der Waals surface area (Å²) >= 11 is 0. The van der Waals surface area contributed by atoms with Crippen LogP contribution in [0, 0.1) is 23.6 Å². The zero-order valence-electron chi connectivity index (χ0n) is 18.4. The number of rotatable bonds is 3. The van der Waals surface area contributed by atoms with E-state index >= 15 is 0 Å². The number of nitrogens with zero attached hydrogens (tertiary/aromatic N) is 2.